The van der Waals surface area contributed by atoms with E-state index in [4.69, 9.17) is 4.74 Å². The van der Waals surface area contributed by atoms with Gasteiger partial charge < -0.3 is 4.74 Å². The summed E-state index contributed by atoms with van der Waals surface area (Å²) in [6.45, 7) is 2.35. The molecule has 16 heavy (non-hydrogen) atoms. The molecule has 80 valence electrons. The Morgan fingerprint density at radius 2 is 2.31 bits per heavy atom. The lowest BCUT2D eigenvalue weighted by Gasteiger charge is -1.98. The second kappa shape index (κ2) is 3.42. The molecule has 3 rings (SSSR count). The summed E-state index contributed by atoms with van der Waals surface area (Å²) in [7, 11) is 0. The van der Waals surface area contributed by atoms with Crippen molar-refractivity contribution >= 4 is 17.3 Å². The van der Waals surface area contributed by atoms with Crippen molar-refractivity contribution in [2.24, 2.45) is 0 Å². The summed E-state index contributed by atoms with van der Waals surface area (Å²) in [5, 5.41) is 3.00. The molecular weight excluding hydrogens is 222 g/mol. The lowest BCUT2D eigenvalue weighted by molar-refractivity contribution is 0.0535. The van der Waals surface area contributed by atoms with Gasteiger partial charge in [0.15, 0.2) is 0 Å². The lowest BCUT2D eigenvalue weighted by atomic mass is 10.1. The van der Waals surface area contributed by atoms with Gasteiger partial charge in [0, 0.05) is 22.2 Å². The first kappa shape index (κ1) is 9.54. The maximum Gasteiger partial charge on any atom is 0.338 e. The number of rotatable bonds is 1. The number of fused-ring (bicyclic) bond motifs is 1. The van der Waals surface area contributed by atoms with Crippen LogP contribution in [0.5, 0.6) is 0 Å². The number of esters is 1. The van der Waals surface area contributed by atoms with Gasteiger partial charge in [0.1, 0.15) is 11.6 Å². The molecule has 0 fully saturated rings. The molecule has 0 saturated carbocycles. The molecule has 0 saturated heterocycles. The molecule has 0 radical (unpaired) electrons. The number of ether oxygens (including phenoxy) is 1. The normalized spacial score (nSPS) is 13.7. The molecule has 0 aliphatic carbocycles. The average molecular weight is 231 g/mol. The molecule has 3 nitrogen and oxygen atoms in total. The highest BCUT2D eigenvalue weighted by Gasteiger charge is 2.21. The van der Waals surface area contributed by atoms with Gasteiger partial charge in [0.05, 0.1) is 5.56 Å². The number of benzene rings is 1. The third-order valence-corrected chi connectivity index (χ3v) is 3.56. The third-order valence-electron chi connectivity index (χ3n) is 2.55. The van der Waals surface area contributed by atoms with Crippen molar-refractivity contribution in [2.45, 2.75) is 13.5 Å². The van der Waals surface area contributed by atoms with Gasteiger partial charge in [0.2, 0.25) is 0 Å². The summed E-state index contributed by atoms with van der Waals surface area (Å²) in [5.41, 5.74) is 3.70. The monoisotopic (exact) mass is 231 g/mol. The second-order valence-corrected chi connectivity index (χ2v) is 4.60. The number of carbonyl (C=O) groups excluding carboxylic acids is 1. The third kappa shape index (κ3) is 1.42. The van der Waals surface area contributed by atoms with E-state index in [9.17, 15) is 4.79 Å². The van der Waals surface area contributed by atoms with Crippen LogP contribution in [0.4, 0.5) is 0 Å². The zero-order valence-corrected chi connectivity index (χ0v) is 9.50. The van der Waals surface area contributed by atoms with Gasteiger partial charge in [-0.2, -0.15) is 0 Å². The molecular formula is C12H9NO2S. The molecule has 1 aliphatic rings. The predicted molar refractivity (Wildman–Crippen MR) is 61.4 cm³/mol. The number of nitrogens with zero attached hydrogens (tertiary/aromatic N) is 1. The quantitative estimate of drug-likeness (QED) is 0.708. The Kier molecular flexibility index (Phi) is 2.04. The molecule has 1 aromatic heterocycles. The molecule has 1 aliphatic heterocycles. The molecule has 2 heterocycles. The number of thiazole rings is 1. The number of hydrogen-bond acceptors (Lipinski definition) is 4. The number of aromatic nitrogens is 1. The van der Waals surface area contributed by atoms with E-state index in [1.165, 1.54) is 0 Å². The molecule has 0 unspecified atom stereocenters. The van der Waals surface area contributed by atoms with Crippen LogP contribution < -0.4 is 0 Å². The summed E-state index contributed by atoms with van der Waals surface area (Å²) < 4.78 is 4.96. The van der Waals surface area contributed by atoms with Crippen LogP contribution in [-0.4, -0.2) is 11.0 Å². The Labute approximate surface area is 96.7 Å². The summed E-state index contributed by atoms with van der Waals surface area (Å²) in [6.07, 6.45) is 0. The predicted octanol–water partition coefficient (Wildman–Crippen LogP) is 2.79. The number of hydrogen-bond donors (Lipinski definition) is 0. The van der Waals surface area contributed by atoms with E-state index in [0.29, 0.717) is 12.2 Å². The molecule has 4 heteroatoms. The van der Waals surface area contributed by atoms with Crippen molar-refractivity contribution in [3.63, 3.8) is 0 Å². The van der Waals surface area contributed by atoms with E-state index in [1.807, 2.05) is 30.5 Å². The largest absolute Gasteiger partial charge is 0.457 e. The van der Waals surface area contributed by atoms with E-state index in [0.717, 1.165) is 21.8 Å². The van der Waals surface area contributed by atoms with Gasteiger partial charge in [-0.25, -0.2) is 9.78 Å². The Bertz CT molecular complexity index is 574. The molecule has 2 aromatic rings. The van der Waals surface area contributed by atoms with E-state index in [2.05, 4.69) is 4.98 Å². The van der Waals surface area contributed by atoms with Crippen LogP contribution >= 0.6 is 11.3 Å². The van der Waals surface area contributed by atoms with Gasteiger partial charge in [0.25, 0.3) is 0 Å². The van der Waals surface area contributed by atoms with Crippen LogP contribution in [0.2, 0.25) is 0 Å². The minimum absolute atomic E-state index is 0.225. The van der Waals surface area contributed by atoms with Crippen LogP contribution in [-0.2, 0) is 11.3 Å². The van der Waals surface area contributed by atoms with Gasteiger partial charge in [-0.05, 0) is 19.1 Å². The van der Waals surface area contributed by atoms with E-state index in [1.54, 1.807) is 11.3 Å². The molecule has 0 N–H and O–H groups in total. The minimum atomic E-state index is -0.225. The van der Waals surface area contributed by atoms with Crippen LogP contribution in [0, 0.1) is 6.92 Å². The zero-order valence-electron chi connectivity index (χ0n) is 8.69. The maximum atomic E-state index is 11.3. The van der Waals surface area contributed by atoms with E-state index in [-0.39, 0.29) is 5.97 Å². The van der Waals surface area contributed by atoms with Crippen molar-refractivity contribution in [3.8, 4) is 10.6 Å². The van der Waals surface area contributed by atoms with Crippen LogP contribution in [0.1, 0.15) is 21.6 Å². The first-order valence-corrected chi connectivity index (χ1v) is 5.84. The number of carbonyl (C=O) groups is 1. The fourth-order valence-corrected chi connectivity index (χ4v) is 2.55. The molecule has 1 aromatic carbocycles. The summed E-state index contributed by atoms with van der Waals surface area (Å²) in [6, 6.07) is 5.72. The molecule has 0 atom stereocenters. The first-order chi connectivity index (χ1) is 7.74. The molecule has 0 spiro atoms. The van der Waals surface area contributed by atoms with Crippen molar-refractivity contribution in [1.82, 2.24) is 4.98 Å². The van der Waals surface area contributed by atoms with Crippen molar-refractivity contribution in [3.05, 3.63) is 40.4 Å². The average Bonchev–Trinajstić information content (AvgIpc) is 2.86. The Hall–Kier alpha value is -1.68. The van der Waals surface area contributed by atoms with Crippen molar-refractivity contribution < 1.29 is 9.53 Å². The summed E-state index contributed by atoms with van der Waals surface area (Å²) in [4.78, 5) is 15.7. The van der Waals surface area contributed by atoms with Gasteiger partial charge >= 0.3 is 5.97 Å². The smallest absolute Gasteiger partial charge is 0.338 e. The first-order valence-electron chi connectivity index (χ1n) is 4.96. The number of aryl methyl sites for hydroxylation is 1. The SMILES string of the molecule is Cc1csc(-c2ccc3c(c2)COC3=O)n1. The minimum Gasteiger partial charge on any atom is -0.457 e. The Balaban J connectivity index is 2.08. The second-order valence-electron chi connectivity index (χ2n) is 3.74. The summed E-state index contributed by atoms with van der Waals surface area (Å²) in [5.74, 6) is -0.225. The van der Waals surface area contributed by atoms with E-state index >= 15 is 0 Å². The highest BCUT2D eigenvalue weighted by molar-refractivity contribution is 7.13. The Morgan fingerprint density at radius 3 is 3.06 bits per heavy atom. The fraction of sp³-hybridized carbons (Fsp3) is 0.167. The topological polar surface area (TPSA) is 39.2 Å². The van der Waals surface area contributed by atoms with E-state index < -0.39 is 0 Å². The standard InChI is InChI=1S/C12H9NO2S/c1-7-6-16-11(13-7)8-2-3-10-9(4-8)5-15-12(10)14/h2-4,6H,5H2,1H3. The van der Waals surface area contributed by atoms with Crippen LogP contribution in [0.15, 0.2) is 23.6 Å². The van der Waals surface area contributed by atoms with Gasteiger partial charge in [-0.15, -0.1) is 11.3 Å². The maximum absolute atomic E-state index is 11.3. The number of cyclic esters (lactones) is 1. The summed E-state index contributed by atoms with van der Waals surface area (Å²) >= 11 is 1.61. The van der Waals surface area contributed by atoms with Gasteiger partial charge in [-0.3, -0.25) is 0 Å². The van der Waals surface area contributed by atoms with Gasteiger partial charge in [-0.1, -0.05) is 6.07 Å². The highest BCUT2D eigenvalue weighted by atomic mass is 32.1. The molecule has 0 amide bonds. The zero-order chi connectivity index (χ0) is 11.1. The van der Waals surface area contributed by atoms with Crippen molar-refractivity contribution in [2.75, 3.05) is 0 Å². The fourth-order valence-electron chi connectivity index (χ4n) is 1.75. The van der Waals surface area contributed by atoms with Crippen LogP contribution in [0.25, 0.3) is 10.6 Å². The molecule has 0 bridgehead atoms. The highest BCUT2D eigenvalue weighted by Crippen LogP contribution is 2.28. The lowest BCUT2D eigenvalue weighted by Crippen LogP contribution is -1.92. The Morgan fingerprint density at radius 1 is 1.44 bits per heavy atom. The van der Waals surface area contributed by atoms with Crippen LogP contribution in [0.3, 0.4) is 0 Å². The van der Waals surface area contributed by atoms with Crippen molar-refractivity contribution in [1.29, 1.82) is 0 Å².